The molecule has 1 aromatic carbocycles. The lowest BCUT2D eigenvalue weighted by molar-refractivity contribution is 0.0948. The third kappa shape index (κ3) is 5.95. The largest absolute Gasteiger partial charge is 0.292 e. The number of alkyl halides is 1. The predicted molar refractivity (Wildman–Crippen MR) is 99.2 cm³/mol. The van der Waals surface area contributed by atoms with Gasteiger partial charge in [0.15, 0.2) is 5.78 Å². The fourth-order valence-electron chi connectivity index (χ4n) is 3.78. The van der Waals surface area contributed by atoms with Gasteiger partial charge < -0.3 is 0 Å². The Hall–Kier alpha value is -0.820. The van der Waals surface area contributed by atoms with Gasteiger partial charge in [0.05, 0.1) is 5.38 Å². The first-order valence-corrected chi connectivity index (χ1v) is 9.89. The third-order valence-corrected chi connectivity index (χ3v) is 5.88. The molecule has 0 saturated heterocycles. The number of ketones is 1. The van der Waals surface area contributed by atoms with Crippen LogP contribution in [-0.2, 0) is 0 Å². The van der Waals surface area contributed by atoms with Crippen molar-refractivity contribution in [3.05, 3.63) is 35.9 Å². The number of halogens is 1. The molecule has 0 aliphatic heterocycles. The van der Waals surface area contributed by atoms with Gasteiger partial charge in [-0.05, 0) is 24.7 Å². The second kappa shape index (κ2) is 10.1. The maximum absolute atomic E-state index is 12.5. The maximum Gasteiger partial charge on any atom is 0.180 e. The van der Waals surface area contributed by atoms with Gasteiger partial charge in [-0.25, -0.2) is 0 Å². The second-order valence-corrected chi connectivity index (χ2v) is 7.59. The monoisotopic (exact) mass is 334 g/mol. The third-order valence-electron chi connectivity index (χ3n) is 5.33. The molecule has 0 N–H and O–H groups in total. The minimum atomic E-state index is -0.345. The number of carbonyl (C=O) groups excluding carboxylic acids is 1. The average molecular weight is 335 g/mol. The van der Waals surface area contributed by atoms with Crippen molar-refractivity contribution in [3.63, 3.8) is 0 Å². The first-order chi connectivity index (χ1) is 11.2. The van der Waals surface area contributed by atoms with E-state index in [9.17, 15) is 4.79 Å². The fraction of sp³-hybridized carbons (Fsp3) is 0.667. The van der Waals surface area contributed by atoms with Gasteiger partial charge in [0.25, 0.3) is 0 Å². The first kappa shape index (κ1) is 18.5. The minimum Gasteiger partial charge on any atom is -0.292 e. The van der Waals surface area contributed by atoms with Crippen molar-refractivity contribution >= 4 is 17.4 Å². The smallest absolute Gasteiger partial charge is 0.180 e. The molecule has 1 atom stereocenters. The number of hydrogen-bond donors (Lipinski definition) is 0. The number of rotatable bonds is 9. The summed E-state index contributed by atoms with van der Waals surface area (Å²) in [5.74, 6) is 1.33. The Bertz CT molecular complexity index is 448. The Morgan fingerprint density at radius 2 is 1.70 bits per heavy atom. The van der Waals surface area contributed by atoms with Crippen LogP contribution in [0.1, 0.15) is 81.5 Å². The number of Topliss-reactive ketones (excluding diaryl/α,β-unsaturated/α-hetero) is 1. The SMILES string of the molecule is CCCCCCCC1CCC(C(Cl)C(=O)c2ccccc2)CC1. The highest BCUT2D eigenvalue weighted by atomic mass is 35.5. The molecule has 0 radical (unpaired) electrons. The summed E-state index contributed by atoms with van der Waals surface area (Å²) in [7, 11) is 0. The van der Waals surface area contributed by atoms with Crippen LogP contribution >= 0.6 is 11.6 Å². The zero-order chi connectivity index (χ0) is 16.5. The van der Waals surface area contributed by atoms with E-state index in [-0.39, 0.29) is 11.2 Å². The second-order valence-electron chi connectivity index (χ2n) is 7.12. The van der Waals surface area contributed by atoms with E-state index in [1.54, 1.807) is 0 Å². The van der Waals surface area contributed by atoms with Crippen LogP contribution in [0, 0.1) is 11.8 Å². The molecule has 2 rings (SSSR count). The van der Waals surface area contributed by atoms with Crippen LogP contribution in [0.2, 0.25) is 0 Å². The zero-order valence-electron chi connectivity index (χ0n) is 14.5. The molecule has 0 heterocycles. The van der Waals surface area contributed by atoms with E-state index in [0.29, 0.717) is 5.92 Å². The summed E-state index contributed by atoms with van der Waals surface area (Å²) in [5, 5.41) is -0.345. The van der Waals surface area contributed by atoms with Crippen molar-refractivity contribution in [2.24, 2.45) is 11.8 Å². The Morgan fingerprint density at radius 1 is 1.04 bits per heavy atom. The van der Waals surface area contributed by atoms with Crippen molar-refractivity contribution < 1.29 is 4.79 Å². The minimum absolute atomic E-state index is 0.107. The zero-order valence-corrected chi connectivity index (χ0v) is 15.2. The Labute approximate surface area is 146 Å². The van der Waals surface area contributed by atoms with Crippen LogP contribution in [0.5, 0.6) is 0 Å². The fourth-order valence-corrected chi connectivity index (χ4v) is 4.16. The van der Waals surface area contributed by atoms with Crippen molar-refractivity contribution in [1.82, 2.24) is 0 Å². The van der Waals surface area contributed by atoms with Gasteiger partial charge in [-0.15, -0.1) is 11.6 Å². The van der Waals surface area contributed by atoms with Crippen molar-refractivity contribution in [1.29, 1.82) is 0 Å². The molecule has 0 amide bonds. The molecule has 0 spiro atoms. The van der Waals surface area contributed by atoms with E-state index >= 15 is 0 Å². The summed E-state index contributed by atoms with van der Waals surface area (Å²) >= 11 is 6.50. The van der Waals surface area contributed by atoms with E-state index in [2.05, 4.69) is 6.92 Å². The summed E-state index contributed by atoms with van der Waals surface area (Å²) in [4.78, 5) is 12.5. The molecule has 1 aromatic rings. The van der Waals surface area contributed by atoms with E-state index < -0.39 is 0 Å². The normalized spacial score (nSPS) is 22.7. The lowest BCUT2D eigenvalue weighted by atomic mass is 9.77. The predicted octanol–water partition coefficient (Wildman–Crippen LogP) is 6.64. The number of carbonyl (C=O) groups is 1. The molecule has 1 aliphatic carbocycles. The van der Waals surface area contributed by atoms with E-state index in [4.69, 9.17) is 11.6 Å². The molecule has 1 aliphatic rings. The highest BCUT2D eigenvalue weighted by Gasteiger charge is 2.30. The van der Waals surface area contributed by atoms with Crippen molar-refractivity contribution in [3.8, 4) is 0 Å². The van der Waals surface area contributed by atoms with Crippen LogP contribution in [0.25, 0.3) is 0 Å². The van der Waals surface area contributed by atoms with Gasteiger partial charge >= 0.3 is 0 Å². The summed E-state index contributed by atoms with van der Waals surface area (Å²) in [6.45, 7) is 2.26. The first-order valence-electron chi connectivity index (χ1n) is 9.45. The maximum atomic E-state index is 12.5. The summed E-state index contributed by atoms with van der Waals surface area (Å²) in [5.41, 5.74) is 0.755. The van der Waals surface area contributed by atoms with Crippen LogP contribution in [-0.4, -0.2) is 11.2 Å². The highest BCUT2D eigenvalue weighted by molar-refractivity contribution is 6.34. The molecule has 0 aromatic heterocycles. The quantitative estimate of drug-likeness (QED) is 0.281. The van der Waals surface area contributed by atoms with Crippen LogP contribution in [0.15, 0.2) is 30.3 Å². The summed E-state index contributed by atoms with van der Waals surface area (Å²) in [6, 6.07) is 9.50. The lowest BCUT2D eigenvalue weighted by Crippen LogP contribution is -2.28. The Morgan fingerprint density at radius 3 is 2.35 bits per heavy atom. The van der Waals surface area contributed by atoms with Gasteiger partial charge in [-0.1, -0.05) is 88.6 Å². The van der Waals surface area contributed by atoms with E-state index in [0.717, 1.165) is 24.3 Å². The van der Waals surface area contributed by atoms with Crippen LogP contribution in [0.4, 0.5) is 0 Å². The molecular weight excluding hydrogens is 304 g/mol. The number of unbranched alkanes of at least 4 members (excludes halogenated alkanes) is 4. The lowest BCUT2D eigenvalue weighted by Gasteiger charge is -2.30. The number of benzene rings is 1. The van der Waals surface area contributed by atoms with E-state index in [1.165, 1.54) is 51.4 Å². The van der Waals surface area contributed by atoms with Gasteiger partial charge in [0.2, 0.25) is 0 Å². The van der Waals surface area contributed by atoms with Gasteiger partial charge in [-0.2, -0.15) is 0 Å². The van der Waals surface area contributed by atoms with Crippen LogP contribution < -0.4 is 0 Å². The topological polar surface area (TPSA) is 17.1 Å². The standard InChI is InChI=1S/C21H31ClO/c1-2-3-4-5-7-10-17-13-15-18(16-14-17)20(22)21(23)19-11-8-6-9-12-19/h6,8-9,11-12,17-18,20H,2-5,7,10,13-16H2,1H3. The highest BCUT2D eigenvalue weighted by Crippen LogP contribution is 2.36. The summed E-state index contributed by atoms with van der Waals surface area (Å²) < 4.78 is 0. The molecule has 1 nitrogen and oxygen atoms in total. The van der Waals surface area contributed by atoms with Gasteiger partial charge in [0.1, 0.15) is 0 Å². The molecule has 1 unspecified atom stereocenters. The molecule has 1 fully saturated rings. The molecule has 2 heteroatoms. The van der Waals surface area contributed by atoms with E-state index in [1.807, 2.05) is 30.3 Å². The molecule has 23 heavy (non-hydrogen) atoms. The molecule has 128 valence electrons. The Kier molecular flexibility index (Phi) is 8.16. The molecular formula is C21H31ClO. The number of hydrogen-bond acceptors (Lipinski definition) is 1. The average Bonchev–Trinajstić information content (AvgIpc) is 2.61. The van der Waals surface area contributed by atoms with Crippen molar-refractivity contribution in [2.45, 2.75) is 76.5 Å². The molecule has 1 saturated carbocycles. The van der Waals surface area contributed by atoms with Gasteiger partial charge in [0, 0.05) is 5.56 Å². The Balaban J connectivity index is 1.70. The molecule has 0 bridgehead atoms. The summed E-state index contributed by atoms with van der Waals surface area (Å²) in [6.07, 6.45) is 13.0. The van der Waals surface area contributed by atoms with Gasteiger partial charge in [-0.3, -0.25) is 4.79 Å². The van der Waals surface area contributed by atoms with Crippen molar-refractivity contribution in [2.75, 3.05) is 0 Å². The van der Waals surface area contributed by atoms with Crippen LogP contribution in [0.3, 0.4) is 0 Å².